The molecule has 0 rings (SSSR count). The van der Waals surface area contributed by atoms with E-state index in [-0.39, 0.29) is 0 Å². The highest BCUT2D eigenvalue weighted by molar-refractivity contribution is 7.17. The Morgan fingerprint density at radius 2 is 1.55 bits per heavy atom. The fraction of sp³-hybridized carbons (Fsp3) is 1.00. The molecule has 0 aliphatic rings. The quantitative estimate of drug-likeness (QED) is 0.557. The van der Waals surface area contributed by atoms with Crippen LogP contribution in [0, 0.1) is 11.8 Å². The van der Waals surface area contributed by atoms with Crippen molar-refractivity contribution >= 4 is 9.24 Å². The Hall–Kier alpha value is 0.430. The molecule has 0 heterocycles. The van der Waals surface area contributed by atoms with E-state index in [0.29, 0.717) is 0 Å². The van der Waals surface area contributed by atoms with E-state index in [0.717, 1.165) is 17.5 Å². The first-order valence-electron chi connectivity index (χ1n) is 4.79. The lowest BCUT2D eigenvalue weighted by molar-refractivity contribution is 0.378. The van der Waals surface area contributed by atoms with Crippen LogP contribution in [0.3, 0.4) is 0 Å². The van der Waals surface area contributed by atoms with Crippen LogP contribution in [0.25, 0.3) is 0 Å². The monoisotopic (exact) mass is 174 g/mol. The van der Waals surface area contributed by atoms with Gasteiger partial charge in [0.15, 0.2) is 0 Å². The van der Waals surface area contributed by atoms with Crippen LogP contribution in [0.4, 0.5) is 0 Å². The van der Waals surface area contributed by atoms with E-state index in [1.807, 2.05) is 0 Å². The molecule has 0 aromatic carbocycles. The Morgan fingerprint density at radius 1 is 1.00 bits per heavy atom. The SMILES string of the molecule is CC(P)CCCC(C)C(C)C. The maximum Gasteiger partial charge on any atom is -0.0293 e. The summed E-state index contributed by atoms with van der Waals surface area (Å²) >= 11 is 0. The molecule has 0 aromatic heterocycles. The van der Waals surface area contributed by atoms with E-state index in [1.54, 1.807) is 0 Å². The van der Waals surface area contributed by atoms with Gasteiger partial charge in [0, 0.05) is 0 Å². The minimum Gasteiger partial charge on any atom is -0.135 e. The minimum absolute atomic E-state index is 0.800. The van der Waals surface area contributed by atoms with Crippen molar-refractivity contribution in [3.63, 3.8) is 0 Å². The highest BCUT2D eigenvalue weighted by Crippen LogP contribution is 2.19. The van der Waals surface area contributed by atoms with Crippen LogP contribution in [0.5, 0.6) is 0 Å². The molecule has 0 spiro atoms. The van der Waals surface area contributed by atoms with Gasteiger partial charge in [-0.15, -0.1) is 9.24 Å². The summed E-state index contributed by atoms with van der Waals surface area (Å²) in [5.41, 5.74) is 0.800. The van der Waals surface area contributed by atoms with Crippen LogP contribution >= 0.6 is 9.24 Å². The average Bonchev–Trinajstić information content (AvgIpc) is 1.86. The maximum atomic E-state index is 2.86. The first-order chi connectivity index (χ1) is 5.04. The van der Waals surface area contributed by atoms with E-state index >= 15 is 0 Å². The molecule has 1 heteroatoms. The smallest absolute Gasteiger partial charge is 0.0293 e. The number of hydrogen-bond acceptors (Lipinski definition) is 0. The second-order valence-electron chi connectivity index (χ2n) is 4.13. The van der Waals surface area contributed by atoms with Gasteiger partial charge in [-0.2, -0.15) is 0 Å². The predicted molar refractivity (Wildman–Crippen MR) is 57.0 cm³/mol. The normalized spacial score (nSPS) is 16.9. The van der Waals surface area contributed by atoms with Gasteiger partial charge in [0.05, 0.1) is 0 Å². The zero-order chi connectivity index (χ0) is 8.85. The molecule has 0 aliphatic heterocycles. The lowest BCUT2D eigenvalue weighted by atomic mass is 9.92. The topological polar surface area (TPSA) is 0 Å². The third kappa shape index (κ3) is 6.81. The Morgan fingerprint density at radius 3 is 1.91 bits per heavy atom. The van der Waals surface area contributed by atoms with Crippen molar-refractivity contribution in [1.82, 2.24) is 0 Å². The van der Waals surface area contributed by atoms with Gasteiger partial charge < -0.3 is 0 Å². The summed E-state index contributed by atoms with van der Waals surface area (Å²) in [6.45, 7) is 9.26. The molecule has 0 aliphatic carbocycles. The third-order valence-corrected chi connectivity index (χ3v) is 2.79. The first-order valence-corrected chi connectivity index (χ1v) is 5.46. The molecule has 0 N–H and O–H groups in total. The van der Waals surface area contributed by atoms with Crippen molar-refractivity contribution in [1.29, 1.82) is 0 Å². The molecule has 0 saturated heterocycles. The van der Waals surface area contributed by atoms with Crippen molar-refractivity contribution in [2.75, 3.05) is 0 Å². The number of hydrogen-bond donors (Lipinski definition) is 0. The fourth-order valence-electron chi connectivity index (χ4n) is 1.10. The molecular weight excluding hydrogens is 151 g/mol. The van der Waals surface area contributed by atoms with Gasteiger partial charge in [0.25, 0.3) is 0 Å². The Kier molecular flexibility index (Phi) is 6.24. The first kappa shape index (κ1) is 11.4. The number of rotatable bonds is 5. The third-order valence-electron chi connectivity index (χ3n) is 2.46. The van der Waals surface area contributed by atoms with E-state index in [2.05, 4.69) is 36.9 Å². The zero-order valence-electron chi connectivity index (χ0n) is 8.43. The summed E-state index contributed by atoms with van der Waals surface area (Å²) in [5, 5.41) is 0. The van der Waals surface area contributed by atoms with Crippen LogP contribution in [-0.4, -0.2) is 5.66 Å². The second-order valence-corrected chi connectivity index (χ2v) is 5.27. The molecule has 0 fully saturated rings. The maximum absolute atomic E-state index is 2.86. The van der Waals surface area contributed by atoms with E-state index in [1.165, 1.54) is 19.3 Å². The molecule has 0 radical (unpaired) electrons. The van der Waals surface area contributed by atoms with Gasteiger partial charge >= 0.3 is 0 Å². The molecule has 0 nitrogen and oxygen atoms in total. The van der Waals surface area contributed by atoms with Crippen LogP contribution < -0.4 is 0 Å². The van der Waals surface area contributed by atoms with Crippen molar-refractivity contribution in [3.05, 3.63) is 0 Å². The summed E-state index contributed by atoms with van der Waals surface area (Å²) in [6, 6.07) is 0. The summed E-state index contributed by atoms with van der Waals surface area (Å²) in [7, 11) is 2.86. The Balaban J connectivity index is 3.24. The molecule has 0 saturated carbocycles. The van der Waals surface area contributed by atoms with Gasteiger partial charge in [0.2, 0.25) is 0 Å². The fourth-order valence-corrected chi connectivity index (χ4v) is 1.33. The summed E-state index contributed by atoms with van der Waals surface area (Å²) in [4.78, 5) is 0. The zero-order valence-corrected chi connectivity index (χ0v) is 9.59. The summed E-state index contributed by atoms with van der Waals surface area (Å²) < 4.78 is 0. The Labute approximate surface area is 74.4 Å². The van der Waals surface area contributed by atoms with Crippen molar-refractivity contribution in [2.45, 2.75) is 52.6 Å². The van der Waals surface area contributed by atoms with Gasteiger partial charge in [0.1, 0.15) is 0 Å². The van der Waals surface area contributed by atoms with Gasteiger partial charge in [-0.3, -0.25) is 0 Å². The molecule has 68 valence electrons. The largest absolute Gasteiger partial charge is 0.135 e. The van der Waals surface area contributed by atoms with Crippen LogP contribution in [-0.2, 0) is 0 Å². The van der Waals surface area contributed by atoms with Crippen molar-refractivity contribution in [2.24, 2.45) is 11.8 Å². The van der Waals surface area contributed by atoms with E-state index < -0.39 is 0 Å². The molecular formula is C10H23P. The van der Waals surface area contributed by atoms with Crippen molar-refractivity contribution in [3.8, 4) is 0 Å². The lowest BCUT2D eigenvalue weighted by Gasteiger charge is -2.15. The van der Waals surface area contributed by atoms with E-state index in [4.69, 9.17) is 0 Å². The van der Waals surface area contributed by atoms with Crippen LogP contribution in [0.1, 0.15) is 47.0 Å². The van der Waals surface area contributed by atoms with Gasteiger partial charge in [-0.25, -0.2) is 0 Å². The molecule has 3 atom stereocenters. The Bertz CT molecular complexity index is 86.9. The highest BCUT2D eigenvalue weighted by Gasteiger charge is 2.06. The highest BCUT2D eigenvalue weighted by atomic mass is 31.0. The van der Waals surface area contributed by atoms with Gasteiger partial charge in [-0.1, -0.05) is 40.5 Å². The van der Waals surface area contributed by atoms with Gasteiger partial charge in [-0.05, 0) is 23.9 Å². The summed E-state index contributed by atoms with van der Waals surface area (Å²) in [6.07, 6.45) is 4.15. The van der Waals surface area contributed by atoms with Crippen molar-refractivity contribution < 1.29 is 0 Å². The predicted octanol–water partition coefficient (Wildman–Crippen LogP) is 3.71. The van der Waals surface area contributed by atoms with Crippen LogP contribution in [0.2, 0.25) is 0 Å². The van der Waals surface area contributed by atoms with Crippen LogP contribution in [0.15, 0.2) is 0 Å². The minimum atomic E-state index is 0.800. The lowest BCUT2D eigenvalue weighted by Crippen LogP contribution is -2.04. The second kappa shape index (κ2) is 6.00. The summed E-state index contributed by atoms with van der Waals surface area (Å²) in [5.74, 6) is 1.76. The standard InChI is InChI=1S/C10H23P/c1-8(2)9(3)6-5-7-10(4)11/h8-10H,5-7,11H2,1-4H3. The molecule has 0 amide bonds. The molecule has 11 heavy (non-hydrogen) atoms. The molecule has 0 aromatic rings. The van der Waals surface area contributed by atoms with E-state index in [9.17, 15) is 0 Å². The molecule has 0 bridgehead atoms. The average molecular weight is 174 g/mol. The molecule has 3 unspecified atom stereocenters.